The molecule has 0 fully saturated rings. The number of hydrogen-bond donors (Lipinski definition) is 0. The maximum atomic E-state index is 4.86. The predicted molar refractivity (Wildman–Crippen MR) is 201 cm³/mol. The average molecular weight is 628 g/mol. The van der Waals surface area contributed by atoms with Crippen molar-refractivity contribution in [2.45, 2.75) is 0 Å². The number of pyridine rings is 2. The molecule has 5 heteroatoms. The Morgan fingerprint density at radius 3 is 1.24 bits per heavy atom. The highest BCUT2D eigenvalue weighted by molar-refractivity contribution is 5.86. The van der Waals surface area contributed by atoms with Crippen LogP contribution in [0.4, 0.5) is 17.1 Å². The molecule has 0 spiro atoms. The first-order chi connectivity index (χ1) is 24.2. The molecule has 0 amide bonds. The van der Waals surface area contributed by atoms with E-state index in [4.69, 9.17) is 4.98 Å². The zero-order valence-corrected chi connectivity index (χ0v) is 26.5. The second-order valence-corrected chi connectivity index (χ2v) is 12.1. The van der Waals surface area contributed by atoms with Crippen LogP contribution in [-0.2, 0) is 0 Å². The van der Waals surface area contributed by atoms with E-state index in [1.807, 2.05) is 79.3 Å². The van der Waals surface area contributed by atoms with Crippen molar-refractivity contribution < 1.29 is 0 Å². The summed E-state index contributed by atoms with van der Waals surface area (Å²) in [5.41, 5.74) is 13.2. The Labute approximate surface area is 283 Å². The molecule has 0 radical (unpaired) electrons. The van der Waals surface area contributed by atoms with Gasteiger partial charge in [-0.3, -0.25) is 15.0 Å². The Morgan fingerprint density at radius 1 is 0.327 bits per heavy atom. The predicted octanol–water partition coefficient (Wildman–Crippen LogP) is 11.2. The Hall–Kier alpha value is -6.72. The fourth-order valence-corrected chi connectivity index (χ4v) is 6.39. The molecular weight excluding hydrogens is 599 g/mol. The zero-order chi connectivity index (χ0) is 32.6. The summed E-state index contributed by atoms with van der Waals surface area (Å²) in [5, 5.41) is 2.26. The highest BCUT2D eigenvalue weighted by Crippen LogP contribution is 2.38. The average Bonchev–Trinajstić information content (AvgIpc) is 3.18. The molecule has 0 aliphatic rings. The SMILES string of the molecule is c1ccc2ncc(-c3ccc(N(c4ccc(-c5cnc6ccccc6c5)cc4)c4ccc(-c5cnc6ccccc6n5)cc4)cc3)cc2c1. The highest BCUT2D eigenvalue weighted by atomic mass is 15.1. The lowest BCUT2D eigenvalue weighted by Crippen LogP contribution is -2.09. The van der Waals surface area contributed by atoms with Crippen LogP contribution in [0.5, 0.6) is 0 Å². The van der Waals surface area contributed by atoms with Gasteiger partial charge in [-0.2, -0.15) is 0 Å². The summed E-state index contributed by atoms with van der Waals surface area (Å²) in [6.45, 7) is 0. The standard InChI is InChI=1S/C44H29N5/c1-3-9-40-33(7-1)25-35(27-45-40)30-13-19-37(20-14-30)49(38-21-15-31(16-22-38)36-26-34-8-2-4-10-41(34)46-28-36)39-23-17-32(18-24-39)44-29-47-42-11-5-6-12-43(42)48-44/h1-29H. The van der Waals surface area contributed by atoms with Crippen molar-refractivity contribution in [2.75, 3.05) is 4.90 Å². The smallest absolute Gasteiger partial charge is 0.0894 e. The molecular formula is C44H29N5. The molecule has 0 N–H and O–H groups in total. The summed E-state index contributed by atoms with van der Waals surface area (Å²) in [4.78, 5) is 21.1. The van der Waals surface area contributed by atoms with E-state index in [2.05, 4.69) is 117 Å². The summed E-state index contributed by atoms with van der Waals surface area (Å²) in [6, 6.07) is 54.7. The molecule has 49 heavy (non-hydrogen) atoms. The van der Waals surface area contributed by atoms with Gasteiger partial charge in [-0.15, -0.1) is 0 Å². The van der Waals surface area contributed by atoms with Crippen LogP contribution < -0.4 is 4.90 Å². The van der Waals surface area contributed by atoms with Crippen LogP contribution in [-0.4, -0.2) is 19.9 Å². The van der Waals surface area contributed by atoms with E-state index in [1.165, 1.54) is 0 Å². The van der Waals surface area contributed by atoms with Crippen molar-refractivity contribution >= 4 is 49.9 Å². The summed E-state index contributed by atoms with van der Waals surface area (Å²) in [6.07, 6.45) is 5.74. The van der Waals surface area contributed by atoms with Crippen molar-refractivity contribution in [3.63, 3.8) is 0 Å². The number of anilines is 3. The van der Waals surface area contributed by atoms with E-state index in [9.17, 15) is 0 Å². The second kappa shape index (κ2) is 12.1. The highest BCUT2D eigenvalue weighted by Gasteiger charge is 2.15. The monoisotopic (exact) mass is 627 g/mol. The van der Waals surface area contributed by atoms with E-state index < -0.39 is 0 Å². The molecule has 230 valence electrons. The third-order valence-corrected chi connectivity index (χ3v) is 8.97. The van der Waals surface area contributed by atoms with Gasteiger partial charge in [-0.05, 0) is 83.9 Å². The molecule has 6 aromatic carbocycles. The van der Waals surface area contributed by atoms with Gasteiger partial charge in [0.15, 0.2) is 0 Å². The lowest BCUT2D eigenvalue weighted by Gasteiger charge is -2.26. The molecule has 0 saturated carbocycles. The second-order valence-electron chi connectivity index (χ2n) is 12.1. The van der Waals surface area contributed by atoms with Crippen LogP contribution in [0.3, 0.4) is 0 Å². The first-order valence-corrected chi connectivity index (χ1v) is 16.3. The fraction of sp³-hybridized carbons (Fsp3) is 0. The minimum atomic E-state index is 0.846. The van der Waals surface area contributed by atoms with Crippen molar-refractivity contribution in [1.82, 2.24) is 19.9 Å². The number of nitrogens with zero attached hydrogens (tertiary/aromatic N) is 5. The van der Waals surface area contributed by atoms with Gasteiger partial charge in [0.05, 0.1) is 34.0 Å². The summed E-state index contributed by atoms with van der Waals surface area (Å²) >= 11 is 0. The molecule has 0 aliphatic carbocycles. The van der Waals surface area contributed by atoms with Crippen LogP contribution >= 0.6 is 0 Å². The minimum Gasteiger partial charge on any atom is -0.311 e. The van der Waals surface area contributed by atoms with Gasteiger partial charge in [0, 0.05) is 56.9 Å². The first-order valence-electron chi connectivity index (χ1n) is 16.3. The fourth-order valence-electron chi connectivity index (χ4n) is 6.39. The van der Waals surface area contributed by atoms with E-state index in [0.29, 0.717) is 0 Å². The largest absolute Gasteiger partial charge is 0.311 e. The van der Waals surface area contributed by atoms with Gasteiger partial charge in [0.25, 0.3) is 0 Å². The Bertz CT molecular complexity index is 2300. The normalized spacial score (nSPS) is 11.3. The van der Waals surface area contributed by atoms with Crippen molar-refractivity contribution in [3.05, 3.63) is 176 Å². The van der Waals surface area contributed by atoms with Gasteiger partial charge in [0.2, 0.25) is 0 Å². The van der Waals surface area contributed by atoms with Crippen molar-refractivity contribution in [3.8, 4) is 33.5 Å². The van der Waals surface area contributed by atoms with Crippen molar-refractivity contribution in [2.24, 2.45) is 0 Å². The molecule has 0 bridgehead atoms. The number of para-hydroxylation sites is 4. The number of aromatic nitrogens is 4. The lowest BCUT2D eigenvalue weighted by atomic mass is 10.0. The lowest BCUT2D eigenvalue weighted by molar-refractivity contribution is 1.27. The molecule has 0 saturated heterocycles. The van der Waals surface area contributed by atoms with E-state index in [0.717, 1.165) is 83.4 Å². The summed E-state index contributed by atoms with van der Waals surface area (Å²) < 4.78 is 0. The molecule has 5 nitrogen and oxygen atoms in total. The quantitative estimate of drug-likeness (QED) is 0.184. The zero-order valence-electron chi connectivity index (χ0n) is 26.5. The van der Waals surface area contributed by atoms with E-state index in [1.54, 1.807) is 0 Å². The number of benzene rings is 6. The Morgan fingerprint density at radius 2 is 0.735 bits per heavy atom. The van der Waals surface area contributed by atoms with Gasteiger partial charge in [-0.1, -0.05) is 84.9 Å². The molecule has 0 atom stereocenters. The van der Waals surface area contributed by atoms with Crippen LogP contribution in [0.1, 0.15) is 0 Å². The first kappa shape index (κ1) is 28.5. The van der Waals surface area contributed by atoms with E-state index >= 15 is 0 Å². The van der Waals surface area contributed by atoms with Crippen LogP contribution in [0, 0.1) is 0 Å². The van der Waals surface area contributed by atoms with Crippen molar-refractivity contribution in [1.29, 1.82) is 0 Å². The van der Waals surface area contributed by atoms with Gasteiger partial charge in [-0.25, -0.2) is 4.98 Å². The molecule has 9 aromatic rings. The van der Waals surface area contributed by atoms with E-state index in [-0.39, 0.29) is 0 Å². The number of fused-ring (bicyclic) bond motifs is 3. The van der Waals surface area contributed by atoms with Crippen LogP contribution in [0.25, 0.3) is 66.4 Å². The van der Waals surface area contributed by atoms with Crippen LogP contribution in [0.2, 0.25) is 0 Å². The minimum absolute atomic E-state index is 0.846. The molecule has 0 unspecified atom stereocenters. The molecule has 9 rings (SSSR count). The summed E-state index contributed by atoms with van der Waals surface area (Å²) in [5.74, 6) is 0. The Kier molecular flexibility index (Phi) is 7.06. The maximum absolute atomic E-state index is 4.86. The summed E-state index contributed by atoms with van der Waals surface area (Å²) in [7, 11) is 0. The van der Waals surface area contributed by atoms with Gasteiger partial charge < -0.3 is 4.90 Å². The topological polar surface area (TPSA) is 54.8 Å². The van der Waals surface area contributed by atoms with Gasteiger partial charge >= 0.3 is 0 Å². The van der Waals surface area contributed by atoms with Crippen LogP contribution in [0.15, 0.2) is 176 Å². The van der Waals surface area contributed by atoms with Gasteiger partial charge in [0.1, 0.15) is 0 Å². The number of hydrogen-bond acceptors (Lipinski definition) is 5. The Balaban J connectivity index is 1.09. The molecule has 3 heterocycles. The molecule has 0 aliphatic heterocycles. The maximum Gasteiger partial charge on any atom is 0.0894 e. The molecule has 3 aromatic heterocycles. The third kappa shape index (κ3) is 5.53. The number of rotatable bonds is 6. The third-order valence-electron chi connectivity index (χ3n) is 8.97.